The lowest BCUT2D eigenvalue weighted by Crippen LogP contribution is -2.21. The molecule has 0 aliphatic rings. The van der Waals surface area contributed by atoms with Gasteiger partial charge in [0.25, 0.3) is 0 Å². The van der Waals surface area contributed by atoms with E-state index in [-0.39, 0.29) is 37.6 Å². The first kappa shape index (κ1) is 57.5. The van der Waals surface area contributed by atoms with Crippen LogP contribution < -0.4 is 20.9 Å². The number of nitrogens with two attached hydrogens (primary N) is 2. The predicted molar refractivity (Wildman–Crippen MR) is 270 cm³/mol. The normalized spacial score (nSPS) is 12.3. The minimum absolute atomic E-state index is 0.00707. The number of carbonyl (C=O) groups excluding carboxylic acids is 2. The molecule has 0 aliphatic heterocycles. The number of carbonyl (C=O) groups is 2. The van der Waals surface area contributed by atoms with Crippen molar-refractivity contribution in [3.05, 3.63) is 190 Å². The van der Waals surface area contributed by atoms with Gasteiger partial charge in [-0.15, -0.1) is 0 Å². The number of ether oxygens (including phenoxy) is 4. The molecular formula is C58H54F10N2O6. The van der Waals surface area contributed by atoms with Gasteiger partial charge in [0.15, 0.2) is 0 Å². The number of unbranched alkanes of at least 4 members (excludes halogenated alkanes) is 4. The van der Waals surface area contributed by atoms with Crippen molar-refractivity contribution in [2.24, 2.45) is 0 Å². The van der Waals surface area contributed by atoms with Crippen LogP contribution in [0.25, 0.3) is 23.3 Å². The van der Waals surface area contributed by atoms with Gasteiger partial charge in [-0.25, -0.2) is 9.59 Å². The lowest BCUT2D eigenvalue weighted by Gasteiger charge is -2.18. The fourth-order valence-corrected chi connectivity index (χ4v) is 7.82. The number of hydrogen-bond donors (Lipinski definition) is 2. The molecule has 6 rings (SSSR count). The number of hydrogen-bond acceptors (Lipinski definition) is 8. The molecule has 0 saturated heterocycles. The lowest BCUT2D eigenvalue weighted by atomic mass is 9.95. The summed E-state index contributed by atoms with van der Waals surface area (Å²) < 4.78 is 155. The van der Waals surface area contributed by atoms with Crippen LogP contribution in [0.15, 0.2) is 146 Å². The minimum atomic E-state index is -4.20. The third-order valence-electron chi connectivity index (χ3n) is 11.8. The van der Waals surface area contributed by atoms with Crippen LogP contribution >= 0.6 is 0 Å². The van der Waals surface area contributed by atoms with Crippen LogP contribution in [0.2, 0.25) is 0 Å². The van der Waals surface area contributed by atoms with Crippen molar-refractivity contribution >= 4 is 35.5 Å². The Morgan fingerprint density at radius 2 is 0.789 bits per heavy atom. The average molecular weight is 1070 g/mol. The Kier molecular flexibility index (Phi) is 19.8. The summed E-state index contributed by atoms with van der Waals surface area (Å²) in [6.45, 7) is -0.451. The molecule has 0 fully saturated rings. The zero-order valence-corrected chi connectivity index (χ0v) is 40.9. The van der Waals surface area contributed by atoms with E-state index < -0.39 is 60.5 Å². The zero-order valence-electron chi connectivity index (χ0n) is 40.9. The van der Waals surface area contributed by atoms with Crippen LogP contribution in [0.1, 0.15) is 95.9 Å². The van der Waals surface area contributed by atoms with Gasteiger partial charge in [0.2, 0.25) is 0 Å². The van der Waals surface area contributed by atoms with E-state index in [1.807, 2.05) is 0 Å². The van der Waals surface area contributed by atoms with E-state index in [1.54, 1.807) is 36.4 Å². The van der Waals surface area contributed by atoms with E-state index in [0.29, 0.717) is 94.4 Å². The van der Waals surface area contributed by atoms with Gasteiger partial charge in [0, 0.05) is 36.4 Å². The van der Waals surface area contributed by atoms with E-state index in [1.165, 1.54) is 109 Å². The van der Waals surface area contributed by atoms with Crippen molar-refractivity contribution in [1.29, 1.82) is 0 Å². The van der Waals surface area contributed by atoms with Gasteiger partial charge in [0.1, 0.15) is 24.7 Å². The Bertz CT molecular complexity index is 2700. The predicted octanol–water partition coefficient (Wildman–Crippen LogP) is 15.6. The highest BCUT2D eigenvalue weighted by molar-refractivity contribution is 5.88. The second-order valence-corrected chi connectivity index (χ2v) is 17.8. The van der Waals surface area contributed by atoms with Crippen molar-refractivity contribution in [3.63, 3.8) is 0 Å². The number of benzene rings is 6. The summed E-state index contributed by atoms with van der Waals surface area (Å²) in [5, 5.41) is 0. The molecule has 18 heteroatoms. The fourth-order valence-electron chi connectivity index (χ4n) is 7.82. The maximum atomic E-state index is 15.0. The molecule has 0 bridgehead atoms. The summed E-state index contributed by atoms with van der Waals surface area (Å²) in [7, 11) is 0. The monoisotopic (exact) mass is 1060 g/mol. The Labute approximate surface area is 432 Å². The van der Waals surface area contributed by atoms with Crippen molar-refractivity contribution in [1.82, 2.24) is 0 Å². The maximum absolute atomic E-state index is 15.0. The third kappa shape index (κ3) is 18.9. The van der Waals surface area contributed by atoms with E-state index >= 15 is 17.6 Å². The van der Waals surface area contributed by atoms with Crippen LogP contribution in [-0.2, 0) is 57.3 Å². The molecule has 0 atom stereocenters. The molecular weight excluding hydrogens is 1010 g/mol. The fraction of sp³-hybridized carbons (Fsp3) is 0.276. The van der Waals surface area contributed by atoms with Crippen molar-refractivity contribution in [3.8, 4) is 22.6 Å². The highest BCUT2D eigenvalue weighted by Gasteiger charge is 2.36. The van der Waals surface area contributed by atoms with Gasteiger partial charge in [-0.2, -0.15) is 43.9 Å². The second kappa shape index (κ2) is 26.1. The molecule has 76 heavy (non-hydrogen) atoms. The summed E-state index contributed by atoms with van der Waals surface area (Å²) in [5.41, 5.74) is 16.7. The van der Waals surface area contributed by atoms with Gasteiger partial charge in [-0.05, 0) is 168 Å². The van der Waals surface area contributed by atoms with E-state index in [9.17, 15) is 35.9 Å². The van der Waals surface area contributed by atoms with Crippen molar-refractivity contribution < 1.29 is 72.4 Å². The third-order valence-corrected chi connectivity index (χ3v) is 11.8. The number of esters is 2. The molecule has 0 aromatic heterocycles. The number of anilines is 2. The van der Waals surface area contributed by atoms with Crippen LogP contribution in [0.4, 0.5) is 55.3 Å². The lowest BCUT2D eigenvalue weighted by molar-refractivity contribution is -0.186. The van der Waals surface area contributed by atoms with Crippen LogP contribution in [0, 0.1) is 0 Å². The zero-order chi connectivity index (χ0) is 54.9. The standard InChI is InChI=1S/C58H54F10N2O6/c59-55(60,61)33-5-1-3-7-39-9-19-45(20-10-39)57(65,66)75-49-25-13-41(14-26-49)17-31-53(71)73-37-43-35-47(69)23-29-51(43)52-30-24-48(70)36-44(52)38-74-54(72)32-18-42-15-27-50(28-16-42)76-58(67,68)46-21-11-40(12-22-46)8-4-2-6-34-56(62,63)64/h9-32,35-36H,1-8,33-34,37-38,69-70H2/b31-17+,32-18+. The molecule has 0 heterocycles. The number of alkyl halides is 10. The van der Waals surface area contributed by atoms with E-state index in [2.05, 4.69) is 0 Å². The Hall–Kier alpha value is -7.76. The highest BCUT2D eigenvalue weighted by atomic mass is 19.4. The molecule has 0 spiro atoms. The molecule has 0 unspecified atom stereocenters. The van der Waals surface area contributed by atoms with Gasteiger partial charge in [-0.1, -0.05) is 73.5 Å². The van der Waals surface area contributed by atoms with Gasteiger partial charge >= 0.3 is 36.5 Å². The molecule has 0 radical (unpaired) electrons. The largest absolute Gasteiger partial charge is 0.458 e. The summed E-state index contributed by atoms with van der Waals surface area (Å²) >= 11 is 0. The highest BCUT2D eigenvalue weighted by Crippen LogP contribution is 2.35. The maximum Gasteiger partial charge on any atom is 0.426 e. The van der Waals surface area contributed by atoms with Crippen LogP contribution in [-0.4, -0.2) is 24.3 Å². The summed E-state index contributed by atoms with van der Waals surface area (Å²) in [5.74, 6) is -1.76. The number of rotatable bonds is 25. The topological polar surface area (TPSA) is 123 Å². The minimum Gasteiger partial charge on any atom is -0.458 e. The number of halogens is 10. The molecule has 8 nitrogen and oxygen atoms in total. The summed E-state index contributed by atoms with van der Waals surface area (Å²) in [4.78, 5) is 25.8. The summed E-state index contributed by atoms with van der Waals surface area (Å²) in [6, 6.07) is 31.8. The SMILES string of the molecule is Nc1ccc(-c2ccc(N)cc2COC(=O)/C=C/c2ccc(OC(F)(F)c3ccc(CCCCCC(F)(F)F)cc3)cc2)c(COC(=O)/C=C/c2ccc(OC(F)(F)c3ccc(CCCCCC(F)(F)F)cc3)cc2)c1. The van der Waals surface area contributed by atoms with Crippen LogP contribution in [0.3, 0.4) is 0 Å². The second-order valence-electron chi connectivity index (χ2n) is 17.8. The molecule has 6 aromatic carbocycles. The first-order valence-electron chi connectivity index (χ1n) is 24.1. The Morgan fingerprint density at radius 3 is 1.13 bits per heavy atom. The molecule has 0 saturated carbocycles. The molecule has 402 valence electrons. The Balaban J connectivity index is 0.977. The first-order chi connectivity index (χ1) is 36.0. The molecule has 0 aliphatic carbocycles. The van der Waals surface area contributed by atoms with Gasteiger partial charge in [0.05, 0.1) is 11.1 Å². The number of nitrogen functional groups attached to an aromatic ring is 2. The molecule has 6 aromatic rings. The van der Waals surface area contributed by atoms with E-state index in [0.717, 1.165) is 12.2 Å². The molecule has 0 amide bonds. The average Bonchev–Trinajstić information content (AvgIpc) is 3.37. The Morgan fingerprint density at radius 1 is 0.434 bits per heavy atom. The number of aryl methyl sites for hydroxylation is 2. The molecule has 4 N–H and O–H groups in total. The van der Waals surface area contributed by atoms with Crippen molar-refractivity contribution in [2.45, 2.75) is 102 Å². The smallest absolute Gasteiger partial charge is 0.426 e. The van der Waals surface area contributed by atoms with E-state index in [4.69, 9.17) is 30.4 Å². The van der Waals surface area contributed by atoms with Gasteiger partial charge < -0.3 is 30.4 Å². The van der Waals surface area contributed by atoms with Gasteiger partial charge in [-0.3, -0.25) is 0 Å². The quantitative estimate of drug-likeness (QED) is 0.0191. The van der Waals surface area contributed by atoms with Crippen molar-refractivity contribution in [2.75, 3.05) is 11.5 Å². The summed E-state index contributed by atoms with van der Waals surface area (Å²) in [6.07, 6.45) is -9.72. The van der Waals surface area contributed by atoms with Crippen LogP contribution in [0.5, 0.6) is 11.5 Å². The first-order valence-corrected chi connectivity index (χ1v) is 24.1.